The van der Waals surface area contributed by atoms with Crippen LogP contribution in [0.15, 0.2) is 36.8 Å². The molecular weight excluding hydrogens is 183 g/mol. The van der Waals surface area contributed by atoms with Crippen molar-refractivity contribution in [1.82, 2.24) is 9.97 Å². The van der Waals surface area contributed by atoms with Gasteiger partial charge in [0.05, 0.1) is 5.52 Å². The third-order valence-electron chi connectivity index (χ3n) is 1.41. The summed E-state index contributed by atoms with van der Waals surface area (Å²) < 4.78 is 0. The van der Waals surface area contributed by atoms with Crippen molar-refractivity contribution < 1.29 is 15.1 Å². The molecule has 0 saturated carbocycles. The van der Waals surface area contributed by atoms with E-state index in [1.165, 1.54) is 0 Å². The Labute approximate surface area is 80.9 Å². The lowest BCUT2D eigenvalue weighted by atomic mass is 10.2. The number of para-hydroxylation sites is 1. The molecule has 1 aromatic heterocycles. The lowest BCUT2D eigenvalue weighted by molar-refractivity contribution is 0.278. The zero-order chi connectivity index (χ0) is 10.4. The van der Waals surface area contributed by atoms with Crippen molar-refractivity contribution in [2.75, 3.05) is 0 Å². The van der Waals surface area contributed by atoms with Crippen LogP contribution in [0.1, 0.15) is 0 Å². The Morgan fingerprint density at radius 3 is 2.36 bits per heavy atom. The van der Waals surface area contributed by atoms with E-state index in [1.54, 1.807) is 6.33 Å². The van der Waals surface area contributed by atoms with Crippen LogP contribution in [0.2, 0.25) is 0 Å². The summed E-state index contributed by atoms with van der Waals surface area (Å²) in [4.78, 5) is 7.97. The highest BCUT2D eigenvalue weighted by Crippen LogP contribution is 2.06. The van der Waals surface area contributed by atoms with E-state index in [4.69, 9.17) is 15.1 Å². The first-order chi connectivity index (χ1) is 6.70. The second kappa shape index (κ2) is 5.28. The molecule has 2 aromatic rings. The maximum atomic E-state index is 7.17. The highest BCUT2D eigenvalue weighted by atomic mass is 16.5. The van der Waals surface area contributed by atoms with Crippen molar-refractivity contribution in [3.8, 4) is 0 Å². The molecule has 5 nitrogen and oxygen atoms in total. The molecule has 0 bridgehead atoms. The van der Waals surface area contributed by atoms with Gasteiger partial charge in [-0.15, -0.1) is 0 Å². The number of nitrogens with zero attached hydrogens (tertiary/aromatic N) is 2. The Kier molecular flexibility index (Phi) is 3.99. The average Bonchev–Trinajstić information content (AvgIpc) is 2.17. The summed E-state index contributed by atoms with van der Waals surface area (Å²) in [5.74, 6) is 0. The highest BCUT2D eigenvalue weighted by Gasteiger charge is 1.92. The first-order valence-electron chi connectivity index (χ1n) is 3.89. The van der Waals surface area contributed by atoms with Crippen LogP contribution >= 0.6 is 0 Å². The monoisotopic (exact) mass is 192 g/mol. The van der Waals surface area contributed by atoms with Crippen molar-refractivity contribution >= 4 is 18.2 Å². The van der Waals surface area contributed by atoms with E-state index in [2.05, 4.69) is 9.97 Å². The summed E-state index contributed by atoms with van der Waals surface area (Å²) in [7, 11) is -2.17. The van der Waals surface area contributed by atoms with Gasteiger partial charge in [0.25, 0.3) is 0 Å². The van der Waals surface area contributed by atoms with E-state index in [1.807, 2.05) is 30.5 Å². The van der Waals surface area contributed by atoms with Crippen LogP contribution in [-0.2, 0) is 0 Å². The predicted octanol–water partition coefficient (Wildman–Crippen LogP) is -0.422. The van der Waals surface area contributed by atoms with Crippen LogP contribution in [0, 0.1) is 0 Å². The standard InChI is InChI=1S/C8H6N2.BH3O3/c1-2-4-8-7(3-1)5-9-6-10-8;2-1(3)4/h1-6H;2-4H. The van der Waals surface area contributed by atoms with Gasteiger partial charge in [0.1, 0.15) is 6.33 Å². The SMILES string of the molecule is OB(O)O.c1ccc2ncncc2c1. The molecule has 6 heteroatoms. The van der Waals surface area contributed by atoms with E-state index in [0.29, 0.717) is 0 Å². The molecule has 0 spiro atoms. The molecule has 0 amide bonds. The van der Waals surface area contributed by atoms with Crippen molar-refractivity contribution in [2.24, 2.45) is 0 Å². The van der Waals surface area contributed by atoms with Gasteiger partial charge in [0.2, 0.25) is 0 Å². The Morgan fingerprint density at radius 1 is 1.07 bits per heavy atom. The topological polar surface area (TPSA) is 86.5 Å². The summed E-state index contributed by atoms with van der Waals surface area (Å²) in [6.07, 6.45) is 3.37. The zero-order valence-electron chi connectivity index (χ0n) is 7.28. The number of aromatic nitrogens is 2. The molecular formula is C8H9BN2O3. The molecule has 0 saturated heterocycles. The molecule has 0 atom stereocenters. The third-order valence-corrected chi connectivity index (χ3v) is 1.41. The zero-order valence-corrected chi connectivity index (χ0v) is 7.28. The molecule has 0 unspecified atom stereocenters. The molecule has 0 aliphatic rings. The van der Waals surface area contributed by atoms with Gasteiger partial charge in [-0.05, 0) is 6.07 Å². The summed E-state index contributed by atoms with van der Waals surface area (Å²) in [6.45, 7) is 0. The van der Waals surface area contributed by atoms with Crippen molar-refractivity contribution in [3.05, 3.63) is 36.8 Å². The molecule has 1 aromatic carbocycles. The molecule has 14 heavy (non-hydrogen) atoms. The fourth-order valence-corrected chi connectivity index (χ4v) is 0.923. The molecule has 0 fully saturated rings. The second-order valence-corrected chi connectivity index (χ2v) is 2.43. The van der Waals surface area contributed by atoms with Gasteiger partial charge in [-0.25, -0.2) is 9.97 Å². The van der Waals surface area contributed by atoms with Crippen molar-refractivity contribution in [1.29, 1.82) is 0 Å². The van der Waals surface area contributed by atoms with Gasteiger partial charge < -0.3 is 15.1 Å². The van der Waals surface area contributed by atoms with Gasteiger partial charge >= 0.3 is 7.32 Å². The van der Waals surface area contributed by atoms with Gasteiger partial charge in [0, 0.05) is 11.6 Å². The molecule has 1 heterocycles. The van der Waals surface area contributed by atoms with Crippen molar-refractivity contribution in [3.63, 3.8) is 0 Å². The normalized spacial score (nSPS) is 9.07. The summed E-state index contributed by atoms with van der Waals surface area (Å²) in [5.41, 5.74) is 0.998. The lowest BCUT2D eigenvalue weighted by Crippen LogP contribution is -2.07. The molecule has 0 aliphatic heterocycles. The Bertz CT molecular complexity index is 329. The maximum Gasteiger partial charge on any atom is 0.631 e. The third kappa shape index (κ3) is 3.48. The number of fused-ring (bicyclic) bond motifs is 1. The molecule has 2 rings (SSSR count). The van der Waals surface area contributed by atoms with Crippen LogP contribution in [0.5, 0.6) is 0 Å². The van der Waals surface area contributed by atoms with E-state index < -0.39 is 7.32 Å². The Balaban J connectivity index is 0.000000213. The minimum Gasteiger partial charge on any atom is -0.402 e. The van der Waals surface area contributed by atoms with Crippen LogP contribution in [0.25, 0.3) is 10.9 Å². The summed E-state index contributed by atoms with van der Waals surface area (Å²) >= 11 is 0. The van der Waals surface area contributed by atoms with Crippen LogP contribution < -0.4 is 0 Å². The summed E-state index contributed by atoms with van der Waals surface area (Å²) in [5, 5.41) is 22.6. The second-order valence-electron chi connectivity index (χ2n) is 2.43. The fraction of sp³-hybridized carbons (Fsp3) is 0. The van der Waals surface area contributed by atoms with Gasteiger partial charge in [0.15, 0.2) is 0 Å². The average molecular weight is 192 g/mol. The van der Waals surface area contributed by atoms with E-state index >= 15 is 0 Å². The first-order valence-corrected chi connectivity index (χ1v) is 3.89. The van der Waals surface area contributed by atoms with Crippen molar-refractivity contribution in [2.45, 2.75) is 0 Å². The molecule has 0 aliphatic carbocycles. The van der Waals surface area contributed by atoms with E-state index in [-0.39, 0.29) is 0 Å². The Hall–Kier alpha value is -1.50. The smallest absolute Gasteiger partial charge is 0.402 e. The largest absolute Gasteiger partial charge is 0.631 e. The minimum atomic E-state index is -2.17. The van der Waals surface area contributed by atoms with Crippen LogP contribution in [0.3, 0.4) is 0 Å². The summed E-state index contributed by atoms with van der Waals surface area (Å²) in [6, 6.07) is 7.91. The highest BCUT2D eigenvalue weighted by molar-refractivity contribution is 6.30. The molecule has 0 radical (unpaired) electrons. The van der Waals surface area contributed by atoms with Crippen LogP contribution in [-0.4, -0.2) is 32.4 Å². The number of rotatable bonds is 0. The first kappa shape index (κ1) is 10.6. The number of benzene rings is 1. The van der Waals surface area contributed by atoms with Crippen LogP contribution in [0.4, 0.5) is 0 Å². The van der Waals surface area contributed by atoms with E-state index in [0.717, 1.165) is 10.9 Å². The van der Waals surface area contributed by atoms with Gasteiger partial charge in [-0.2, -0.15) is 0 Å². The minimum absolute atomic E-state index is 0.998. The molecule has 72 valence electrons. The Morgan fingerprint density at radius 2 is 1.71 bits per heavy atom. The van der Waals surface area contributed by atoms with Gasteiger partial charge in [-0.3, -0.25) is 0 Å². The quantitative estimate of drug-likeness (QED) is 0.493. The molecule has 3 N–H and O–H groups in total. The predicted molar refractivity (Wildman–Crippen MR) is 51.9 cm³/mol. The maximum absolute atomic E-state index is 7.17. The fourth-order valence-electron chi connectivity index (χ4n) is 0.923. The van der Waals surface area contributed by atoms with Gasteiger partial charge in [-0.1, -0.05) is 18.2 Å². The van der Waals surface area contributed by atoms with E-state index in [9.17, 15) is 0 Å². The lowest BCUT2D eigenvalue weighted by Gasteiger charge is -1.90. The number of hydrogen-bond donors (Lipinski definition) is 3. The number of hydrogen-bond acceptors (Lipinski definition) is 5.